The molecule has 0 aliphatic heterocycles. The van der Waals surface area contributed by atoms with Crippen LogP contribution < -0.4 is 5.32 Å². The van der Waals surface area contributed by atoms with Crippen LogP contribution in [-0.4, -0.2) is 28.7 Å². The average Bonchev–Trinajstić information content (AvgIpc) is 2.62. The average molecular weight is 210 g/mol. The summed E-state index contributed by atoms with van der Waals surface area (Å²) < 4.78 is 4.42. The van der Waals surface area contributed by atoms with Gasteiger partial charge in [0.2, 0.25) is 5.76 Å². The molecule has 15 heavy (non-hydrogen) atoms. The van der Waals surface area contributed by atoms with Gasteiger partial charge >= 0.3 is 5.97 Å². The zero-order chi connectivity index (χ0) is 11.4. The number of nitrogens with one attached hydrogen (secondary N) is 1. The summed E-state index contributed by atoms with van der Waals surface area (Å²) in [6.07, 6.45) is 0. The largest absolute Gasteiger partial charge is 0.475 e. The molecule has 1 rings (SSSR count). The highest BCUT2D eigenvalue weighted by Gasteiger charge is 2.15. The minimum atomic E-state index is -1.26. The van der Waals surface area contributed by atoms with Crippen molar-refractivity contribution in [3.8, 4) is 0 Å². The second-order valence-electron chi connectivity index (χ2n) is 3.02. The van der Waals surface area contributed by atoms with E-state index in [4.69, 9.17) is 5.11 Å². The molecule has 0 aliphatic rings. The molecule has 0 unspecified atom stereocenters. The fourth-order valence-corrected chi connectivity index (χ4v) is 0.805. The van der Waals surface area contributed by atoms with Crippen LogP contribution >= 0.6 is 0 Å². The fraction of sp³-hybridized carbons (Fsp3) is 0.222. The number of carboxylic acid groups (broad SMARTS) is 1. The third-order valence-electron chi connectivity index (χ3n) is 1.50. The number of rotatable bonds is 4. The van der Waals surface area contributed by atoms with E-state index in [1.165, 1.54) is 0 Å². The molecular weight excluding hydrogens is 200 g/mol. The van der Waals surface area contributed by atoms with Gasteiger partial charge in [0.15, 0.2) is 5.69 Å². The van der Waals surface area contributed by atoms with Crippen molar-refractivity contribution in [1.82, 2.24) is 10.5 Å². The number of aromatic nitrogens is 1. The van der Waals surface area contributed by atoms with Gasteiger partial charge in [0.1, 0.15) is 0 Å². The third kappa shape index (κ3) is 2.94. The number of amides is 1. The van der Waals surface area contributed by atoms with E-state index in [0.29, 0.717) is 6.54 Å². The monoisotopic (exact) mass is 210 g/mol. The number of nitrogens with zero attached hydrogens (tertiary/aromatic N) is 1. The lowest BCUT2D eigenvalue weighted by Crippen LogP contribution is -2.25. The number of carbonyl (C=O) groups is 2. The number of carboxylic acids is 1. The van der Waals surface area contributed by atoms with Crippen molar-refractivity contribution in [2.75, 3.05) is 6.54 Å². The Hall–Kier alpha value is -2.11. The molecule has 0 saturated heterocycles. The van der Waals surface area contributed by atoms with Crippen LogP contribution in [0.4, 0.5) is 0 Å². The van der Waals surface area contributed by atoms with Gasteiger partial charge in [-0.2, -0.15) is 0 Å². The summed E-state index contributed by atoms with van der Waals surface area (Å²) in [5, 5.41) is 14.3. The Balaban J connectivity index is 2.66. The molecule has 0 atom stereocenters. The standard InChI is InChI=1S/C9H10N2O4/c1-5(2)4-10-8(12)6-3-7(9(13)14)15-11-6/h3H,1,4H2,2H3,(H,10,12)(H,13,14). The van der Waals surface area contributed by atoms with Crippen LogP contribution in [0.25, 0.3) is 0 Å². The van der Waals surface area contributed by atoms with Gasteiger partial charge in [0.25, 0.3) is 5.91 Å². The Morgan fingerprint density at radius 1 is 1.67 bits per heavy atom. The van der Waals surface area contributed by atoms with Crippen molar-refractivity contribution in [1.29, 1.82) is 0 Å². The minimum absolute atomic E-state index is 0.0614. The van der Waals surface area contributed by atoms with Gasteiger partial charge in [0.05, 0.1) is 0 Å². The van der Waals surface area contributed by atoms with Crippen molar-refractivity contribution in [3.63, 3.8) is 0 Å². The van der Waals surface area contributed by atoms with Gasteiger partial charge in [-0.1, -0.05) is 17.3 Å². The number of hydrogen-bond acceptors (Lipinski definition) is 4. The molecule has 2 N–H and O–H groups in total. The van der Waals surface area contributed by atoms with E-state index in [0.717, 1.165) is 11.6 Å². The Morgan fingerprint density at radius 2 is 2.33 bits per heavy atom. The summed E-state index contributed by atoms with van der Waals surface area (Å²) in [6, 6.07) is 1.07. The molecule has 0 fully saturated rings. The van der Waals surface area contributed by atoms with Crippen LogP contribution in [0.3, 0.4) is 0 Å². The van der Waals surface area contributed by atoms with Crippen LogP contribution in [0.2, 0.25) is 0 Å². The Kier molecular flexibility index (Phi) is 3.22. The molecule has 1 aromatic heterocycles. The van der Waals surface area contributed by atoms with Gasteiger partial charge in [-0.25, -0.2) is 4.79 Å². The summed E-state index contributed by atoms with van der Waals surface area (Å²) in [5.74, 6) is -2.12. The van der Waals surface area contributed by atoms with E-state index in [2.05, 4.69) is 21.6 Å². The predicted molar refractivity (Wildman–Crippen MR) is 50.6 cm³/mol. The maximum atomic E-state index is 11.3. The van der Waals surface area contributed by atoms with Crippen molar-refractivity contribution in [3.05, 3.63) is 29.7 Å². The molecule has 6 heteroatoms. The molecule has 6 nitrogen and oxygen atoms in total. The van der Waals surface area contributed by atoms with Gasteiger partial charge in [-0.3, -0.25) is 4.79 Å². The third-order valence-corrected chi connectivity index (χ3v) is 1.50. The fourth-order valence-electron chi connectivity index (χ4n) is 0.805. The van der Waals surface area contributed by atoms with Crippen molar-refractivity contribution in [2.45, 2.75) is 6.92 Å². The zero-order valence-corrected chi connectivity index (χ0v) is 8.11. The number of carbonyl (C=O) groups excluding carboxylic acids is 1. The van der Waals surface area contributed by atoms with E-state index in [1.807, 2.05) is 0 Å². The van der Waals surface area contributed by atoms with Crippen LogP contribution in [0.5, 0.6) is 0 Å². The molecule has 1 aromatic rings. The number of hydrogen-bond donors (Lipinski definition) is 2. The number of aromatic carboxylic acids is 1. The van der Waals surface area contributed by atoms with Crippen LogP contribution in [0, 0.1) is 0 Å². The summed E-state index contributed by atoms with van der Waals surface area (Å²) in [7, 11) is 0. The summed E-state index contributed by atoms with van der Waals surface area (Å²) >= 11 is 0. The molecule has 0 aromatic carbocycles. The maximum absolute atomic E-state index is 11.3. The van der Waals surface area contributed by atoms with E-state index in [-0.39, 0.29) is 11.5 Å². The predicted octanol–water partition coefficient (Wildman–Crippen LogP) is 0.679. The Labute approximate surface area is 85.6 Å². The minimum Gasteiger partial charge on any atom is -0.475 e. The highest BCUT2D eigenvalue weighted by Crippen LogP contribution is 2.03. The second kappa shape index (κ2) is 4.41. The molecule has 0 radical (unpaired) electrons. The van der Waals surface area contributed by atoms with Crippen LogP contribution in [-0.2, 0) is 0 Å². The smallest absolute Gasteiger partial charge is 0.374 e. The van der Waals surface area contributed by atoms with Gasteiger partial charge in [-0.15, -0.1) is 0 Å². The first kappa shape index (κ1) is 11.0. The molecule has 0 spiro atoms. The lowest BCUT2D eigenvalue weighted by molar-refractivity contribution is 0.0651. The van der Waals surface area contributed by atoms with Crippen molar-refractivity contribution < 1.29 is 19.2 Å². The molecule has 0 aliphatic carbocycles. The molecular formula is C9H10N2O4. The van der Waals surface area contributed by atoms with Crippen molar-refractivity contribution >= 4 is 11.9 Å². The van der Waals surface area contributed by atoms with Crippen LogP contribution in [0.1, 0.15) is 28.0 Å². The Morgan fingerprint density at radius 3 is 2.80 bits per heavy atom. The molecule has 0 bridgehead atoms. The first-order valence-electron chi connectivity index (χ1n) is 4.13. The molecule has 1 amide bonds. The molecule has 80 valence electrons. The van der Waals surface area contributed by atoms with Crippen molar-refractivity contribution in [2.24, 2.45) is 0 Å². The van der Waals surface area contributed by atoms with E-state index in [9.17, 15) is 9.59 Å². The summed E-state index contributed by atoms with van der Waals surface area (Å²) in [4.78, 5) is 21.7. The summed E-state index contributed by atoms with van der Waals surface area (Å²) in [6.45, 7) is 5.67. The second-order valence-corrected chi connectivity index (χ2v) is 3.02. The lowest BCUT2D eigenvalue weighted by atomic mass is 10.3. The lowest BCUT2D eigenvalue weighted by Gasteiger charge is -2.00. The highest BCUT2D eigenvalue weighted by molar-refractivity contribution is 5.94. The maximum Gasteiger partial charge on any atom is 0.374 e. The van der Waals surface area contributed by atoms with E-state index in [1.54, 1.807) is 6.92 Å². The summed E-state index contributed by atoms with van der Waals surface area (Å²) in [5.41, 5.74) is 0.721. The van der Waals surface area contributed by atoms with Crippen LogP contribution in [0.15, 0.2) is 22.7 Å². The van der Waals surface area contributed by atoms with E-state index < -0.39 is 11.9 Å². The normalized spacial score (nSPS) is 9.67. The zero-order valence-electron chi connectivity index (χ0n) is 8.11. The first-order valence-corrected chi connectivity index (χ1v) is 4.13. The first-order chi connectivity index (χ1) is 7.00. The quantitative estimate of drug-likeness (QED) is 0.713. The van der Waals surface area contributed by atoms with Gasteiger partial charge < -0.3 is 14.9 Å². The van der Waals surface area contributed by atoms with Gasteiger partial charge in [0, 0.05) is 12.6 Å². The Bertz CT molecular complexity index is 408. The SMILES string of the molecule is C=C(C)CNC(=O)c1cc(C(=O)O)on1. The van der Waals surface area contributed by atoms with E-state index >= 15 is 0 Å². The highest BCUT2D eigenvalue weighted by atomic mass is 16.5. The topological polar surface area (TPSA) is 92.4 Å². The van der Waals surface area contributed by atoms with Gasteiger partial charge in [-0.05, 0) is 6.92 Å². The molecule has 1 heterocycles. The molecule has 0 saturated carbocycles.